The third-order valence-electron chi connectivity index (χ3n) is 4.20. The molecule has 0 aliphatic heterocycles. The highest BCUT2D eigenvalue weighted by Gasteiger charge is 2.14. The van der Waals surface area contributed by atoms with E-state index in [2.05, 4.69) is 26.1 Å². The average molecular weight is 448 g/mol. The van der Waals surface area contributed by atoms with Crippen LogP contribution >= 0.6 is 11.8 Å². The van der Waals surface area contributed by atoms with Gasteiger partial charge in [0.15, 0.2) is 0 Å². The number of para-hydroxylation sites is 1. The number of tetrazole rings is 1. The van der Waals surface area contributed by atoms with E-state index in [0.717, 1.165) is 5.69 Å². The van der Waals surface area contributed by atoms with Gasteiger partial charge in [0.25, 0.3) is 5.91 Å². The summed E-state index contributed by atoms with van der Waals surface area (Å²) in [6.45, 7) is 0. The summed E-state index contributed by atoms with van der Waals surface area (Å²) in [4.78, 5) is 23.5. The zero-order valence-electron chi connectivity index (χ0n) is 16.5. The van der Waals surface area contributed by atoms with Gasteiger partial charge in [-0.3, -0.25) is 4.79 Å². The van der Waals surface area contributed by atoms with Crippen molar-refractivity contribution in [2.45, 2.75) is 5.16 Å². The molecule has 10 nitrogen and oxygen atoms in total. The Hall–Kier alpha value is -4.25. The van der Waals surface area contributed by atoms with Gasteiger partial charge in [-0.1, -0.05) is 48.2 Å². The first-order chi connectivity index (χ1) is 15.6. The Labute approximate surface area is 185 Å². The van der Waals surface area contributed by atoms with E-state index in [0.29, 0.717) is 22.2 Å². The zero-order chi connectivity index (χ0) is 22.3. The fourth-order valence-electron chi connectivity index (χ4n) is 2.78. The molecule has 4 aromatic rings. The molecule has 0 fully saturated rings. The van der Waals surface area contributed by atoms with Crippen LogP contribution in [0.25, 0.3) is 17.0 Å². The molecule has 0 unspecified atom stereocenters. The van der Waals surface area contributed by atoms with Crippen LogP contribution in [0.5, 0.6) is 0 Å². The van der Waals surface area contributed by atoms with Gasteiger partial charge in [0, 0.05) is 5.56 Å². The van der Waals surface area contributed by atoms with Crippen LogP contribution in [0.4, 0.5) is 0 Å². The van der Waals surface area contributed by atoms with Gasteiger partial charge < -0.3 is 9.52 Å². The van der Waals surface area contributed by atoms with Gasteiger partial charge in [0.05, 0.1) is 23.2 Å². The number of carboxylic acids is 1. The van der Waals surface area contributed by atoms with Gasteiger partial charge in [-0.25, -0.2) is 10.2 Å². The molecule has 11 heteroatoms. The molecule has 0 saturated heterocycles. The van der Waals surface area contributed by atoms with Gasteiger partial charge in [0.2, 0.25) is 5.16 Å². The van der Waals surface area contributed by atoms with Gasteiger partial charge in [0.1, 0.15) is 11.5 Å². The van der Waals surface area contributed by atoms with Crippen molar-refractivity contribution >= 4 is 29.9 Å². The number of hydrogen-bond donors (Lipinski definition) is 2. The van der Waals surface area contributed by atoms with Gasteiger partial charge in [-0.2, -0.15) is 9.78 Å². The van der Waals surface area contributed by atoms with Crippen LogP contribution in [0, 0.1) is 0 Å². The van der Waals surface area contributed by atoms with Gasteiger partial charge in [-0.05, 0) is 40.8 Å². The van der Waals surface area contributed by atoms with E-state index < -0.39 is 5.97 Å². The Bertz CT molecular complexity index is 1270. The molecule has 0 spiro atoms. The summed E-state index contributed by atoms with van der Waals surface area (Å²) in [7, 11) is 0. The van der Waals surface area contributed by atoms with Crippen LogP contribution in [-0.2, 0) is 4.79 Å². The number of carboxylic acid groups (broad SMARTS) is 1. The van der Waals surface area contributed by atoms with E-state index in [-0.39, 0.29) is 17.2 Å². The molecular formula is C21H16N6O4S. The topological polar surface area (TPSA) is 136 Å². The largest absolute Gasteiger partial charge is 0.478 e. The second-order valence-electron chi connectivity index (χ2n) is 6.34. The molecule has 0 aliphatic carbocycles. The highest BCUT2D eigenvalue weighted by Crippen LogP contribution is 2.25. The van der Waals surface area contributed by atoms with E-state index in [1.54, 1.807) is 35.0 Å². The second kappa shape index (κ2) is 9.71. The van der Waals surface area contributed by atoms with E-state index in [1.165, 1.54) is 24.0 Å². The van der Waals surface area contributed by atoms with Crippen molar-refractivity contribution in [1.29, 1.82) is 0 Å². The fraction of sp³-hybridized carbons (Fsp3) is 0.0476. The number of hydrazone groups is 1. The molecule has 160 valence electrons. The lowest BCUT2D eigenvalue weighted by molar-refractivity contribution is -0.118. The summed E-state index contributed by atoms with van der Waals surface area (Å²) < 4.78 is 7.17. The van der Waals surface area contributed by atoms with Crippen molar-refractivity contribution in [1.82, 2.24) is 25.6 Å². The maximum absolute atomic E-state index is 12.1. The van der Waals surface area contributed by atoms with Crippen LogP contribution < -0.4 is 5.43 Å². The Morgan fingerprint density at radius 2 is 1.88 bits per heavy atom. The van der Waals surface area contributed by atoms with E-state index >= 15 is 0 Å². The lowest BCUT2D eigenvalue weighted by Gasteiger charge is -2.03. The smallest absolute Gasteiger partial charge is 0.336 e. The highest BCUT2D eigenvalue weighted by atomic mass is 32.2. The monoisotopic (exact) mass is 448 g/mol. The molecule has 2 N–H and O–H groups in total. The number of nitrogens with one attached hydrogen (secondary N) is 1. The minimum atomic E-state index is -1.05. The number of aromatic nitrogens is 4. The Morgan fingerprint density at radius 3 is 2.69 bits per heavy atom. The summed E-state index contributed by atoms with van der Waals surface area (Å²) in [5.74, 6) is -0.590. The predicted molar refractivity (Wildman–Crippen MR) is 117 cm³/mol. The SMILES string of the molecule is O=C(CSc1nnnn1-c1ccccc1)N/N=C\c1ccc(-c2ccccc2C(=O)O)o1. The number of furan rings is 1. The van der Waals surface area contributed by atoms with Crippen molar-refractivity contribution < 1.29 is 19.1 Å². The van der Waals surface area contributed by atoms with Crippen LogP contribution in [-0.4, -0.2) is 49.2 Å². The molecule has 2 aromatic heterocycles. The first kappa shape index (κ1) is 21.0. The van der Waals surface area contributed by atoms with E-state index in [9.17, 15) is 14.7 Å². The number of amides is 1. The normalized spacial score (nSPS) is 11.0. The molecule has 4 rings (SSSR count). The van der Waals surface area contributed by atoms with Crippen molar-refractivity contribution in [3.63, 3.8) is 0 Å². The maximum atomic E-state index is 12.1. The number of rotatable bonds is 8. The molecule has 2 heterocycles. The second-order valence-corrected chi connectivity index (χ2v) is 7.29. The van der Waals surface area contributed by atoms with Crippen LogP contribution in [0.15, 0.2) is 81.4 Å². The molecule has 2 aromatic carbocycles. The minimum absolute atomic E-state index is 0.0555. The lowest BCUT2D eigenvalue weighted by atomic mass is 10.1. The average Bonchev–Trinajstić information content (AvgIpc) is 3.48. The van der Waals surface area contributed by atoms with E-state index in [4.69, 9.17) is 4.42 Å². The zero-order valence-corrected chi connectivity index (χ0v) is 17.3. The van der Waals surface area contributed by atoms with Gasteiger partial charge >= 0.3 is 5.97 Å². The number of nitrogens with zero attached hydrogens (tertiary/aromatic N) is 5. The molecule has 32 heavy (non-hydrogen) atoms. The lowest BCUT2D eigenvalue weighted by Crippen LogP contribution is -2.19. The number of thioether (sulfide) groups is 1. The molecule has 0 atom stereocenters. The Balaban J connectivity index is 1.34. The molecule has 0 aliphatic rings. The van der Waals surface area contributed by atoms with E-state index in [1.807, 2.05) is 30.3 Å². The maximum Gasteiger partial charge on any atom is 0.336 e. The molecule has 0 radical (unpaired) electrons. The van der Waals surface area contributed by atoms with Crippen LogP contribution in [0.1, 0.15) is 16.1 Å². The number of aromatic carboxylic acids is 1. The third kappa shape index (κ3) is 4.90. The highest BCUT2D eigenvalue weighted by molar-refractivity contribution is 7.99. The van der Waals surface area contributed by atoms with Crippen LogP contribution in [0.2, 0.25) is 0 Å². The molecule has 1 amide bonds. The third-order valence-corrected chi connectivity index (χ3v) is 5.12. The van der Waals surface area contributed by atoms with Crippen molar-refractivity contribution in [2.24, 2.45) is 5.10 Å². The van der Waals surface area contributed by atoms with Gasteiger partial charge in [-0.15, -0.1) is 5.10 Å². The molecule has 0 bridgehead atoms. The molecule has 0 saturated carbocycles. The summed E-state index contributed by atoms with van der Waals surface area (Å²) in [6, 6.07) is 19.1. The van der Waals surface area contributed by atoms with Crippen LogP contribution in [0.3, 0.4) is 0 Å². The fourth-order valence-corrected chi connectivity index (χ4v) is 3.47. The summed E-state index contributed by atoms with van der Waals surface area (Å²) in [6.07, 6.45) is 1.34. The van der Waals surface area contributed by atoms with Crippen molar-refractivity contribution in [2.75, 3.05) is 5.75 Å². The Morgan fingerprint density at radius 1 is 1.09 bits per heavy atom. The summed E-state index contributed by atoms with van der Waals surface area (Å²) in [5.41, 5.74) is 3.79. The number of carbonyl (C=O) groups is 2. The van der Waals surface area contributed by atoms with Crippen molar-refractivity contribution in [3.05, 3.63) is 78.1 Å². The number of benzene rings is 2. The quantitative estimate of drug-likeness (QED) is 0.239. The first-order valence-electron chi connectivity index (χ1n) is 9.33. The number of carbonyl (C=O) groups excluding carboxylic acids is 1. The summed E-state index contributed by atoms with van der Waals surface area (Å²) in [5, 5.41) is 25.2. The predicted octanol–water partition coefficient (Wildman–Crippen LogP) is 2.86. The number of hydrogen-bond acceptors (Lipinski definition) is 8. The summed E-state index contributed by atoms with van der Waals surface area (Å²) >= 11 is 1.17. The standard InChI is InChI=1S/C21H16N6O4S/c28-19(13-32-21-24-25-26-27(21)14-6-2-1-3-7-14)23-22-12-15-10-11-18(31-15)16-8-4-5-9-17(16)20(29)30/h1-12H,13H2,(H,23,28)(H,29,30)/b22-12-. The molecular weight excluding hydrogens is 432 g/mol. The minimum Gasteiger partial charge on any atom is -0.478 e. The van der Waals surface area contributed by atoms with Crippen molar-refractivity contribution in [3.8, 4) is 17.0 Å². The first-order valence-corrected chi connectivity index (χ1v) is 10.3. The Kier molecular flexibility index (Phi) is 6.37.